The minimum Gasteiger partial charge on any atom is -0.381 e. The summed E-state index contributed by atoms with van der Waals surface area (Å²) in [6.45, 7) is 4.33. The second kappa shape index (κ2) is 8.11. The Labute approximate surface area is 229 Å². The van der Waals surface area contributed by atoms with Gasteiger partial charge in [-0.2, -0.15) is 0 Å². The van der Waals surface area contributed by atoms with Crippen LogP contribution >= 0.6 is 0 Å². The highest BCUT2D eigenvalue weighted by molar-refractivity contribution is 5.95. The molecule has 2 bridgehead atoms. The normalized spacial score (nSPS) is 23.9. The van der Waals surface area contributed by atoms with Crippen molar-refractivity contribution in [1.29, 1.82) is 0 Å². The fourth-order valence-corrected chi connectivity index (χ4v) is 7.20. The lowest BCUT2D eigenvalue weighted by Crippen LogP contribution is -2.83. The number of carbonyl (C=O) groups excluding carboxylic acids is 1. The van der Waals surface area contributed by atoms with Gasteiger partial charge in [-0.25, -0.2) is 19.3 Å². The number of aromatic nitrogens is 5. The molecule has 5 heterocycles. The van der Waals surface area contributed by atoms with E-state index in [2.05, 4.69) is 20.2 Å². The zero-order valence-corrected chi connectivity index (χ0v) is 22.2. The first-order chi connectivity index (χ1) is 19.3. The number of likely N-dealkylation sites (tertiary alicyclic amines) is 1. The van der Waals surface area contributed by atoms with Gasteiger partial charge in [-0.1, -0.05) is 0 Å². The lowest BCUT2D eigenvalue weighted by molar-refractivity contribution is -0.166. The quantitative estimate of drug-likeness (QED) is 0.348. The maximum atomic E-state index is 13.8. The number of imidazole rings is 2. The summed E-state index contributed by atoms with van der Waals surface area (Å²) in [4.78, 5) is 29.9. The number of nitrogens with zero attached hydrogens (tertiary/aromatic N) is 6. The van der Waals surface area contributed by atoms with Gasteiger partial charge in [0, 0.05) is 46.5 Å². The lowest BCUT2D eigenvalue weighted by atomic mass is 9.43. The van der Waals surface area contributed by atoms with E-state index in [1.54, 1.807) is 18.3 Å². The molecule has 1 amide bonds. The topological polar surface area (TPSA) is 106 Å². The van der Waals surface area contributed by atoms with E-state index in [1.165, 1.54) is 38.1 Å². The number of nitrogens with one attached hydrogen (secondary N) is 1. The Hall–Kier alpha value is -4.31. The maximum absolute atomic E-state index is 13.8. The van der Waals surface area contributed by atoms with Crippen molar-refractivity contribution in [3.05, 3.63) is 72.2 Å². The van der Waals surface area contributed by atoms with E-state index >= 15 is 0 Å². The molecule has 4 aliphatic rings. The molecule has 9 nitrogen and oxygen atoms in total. The van der Waals surface area contributed by atoms with Crippen LogP contribution in [0.1, 0.15) is 48.3 Å². The maximum Gasteiger partial charge on any atom is 0.271 e. The highest BCUT2D eigenvalue weighted by atomic mass is 19.1. The summed E-state index contributed by atoms with van der Waals surface area (Å²) in [6.07, 6.45) is 11.1. The van der Waals surface area contributed by atoms with Gasteiger partial charge < -0.3 is 15.5 Å². The molecular weight excluding hydrogens is 507 g/mol. The number of aryl methyl sites for hydroxylation is 1. The molecule has 0 atom stereocenters. The van der Waals surface area contributed by atoms with Gasteiger partial charge in [0.05, 0.1) is 11.4 Å². The van der Waals surface area contributed by atoms with Gasteiger partial charge in [-0.15, -0.1) is 0 Å². The average Bonchev–Trinajstić information content (AvgIpc) is 3.66. The number of halogens is 1. The molecule has 3 N–H and O–H groups in total. The molecule has 9 rings (SSSR count). The van der Waals surface area contributed by atoms with Crippen molar-refractivity contribution in [3.63, 3.8) is 0 Å². The molecule has 4 aromatic heterocycles. The van der Waals surface area contributed by atoms with E-state index < -0.39 is 0 Å². The minimum absolute atomic E-state index is 0.134. The standard InChI is InChI=1S/C30H29FN8O/c1-18-12-33-23-9-6-20(13-38(18)23)25-24(19-4-7-21(31)8-5-19)35-26(32)27-34-22(14-39(25)27)28(40)36-29-15-30(16-29,17-29)37-10-2-3-11-37/h4-9,12-14H,2-3,10-11,15-17H2,1H3,(H2,32,35)(H,36,40). The molecular formula is C30H29FN8O. The molecule has 3 saturated carbocycles. The first kappa shape index (κ1) is 23.6. The van der Waals surface area contributed by atoms with Crippen LogP contribution in [0.3, 0.4) is 0 Å². The Morgan fingerprint density at radius 2 is 1.70 bits per heavy atom. The van der Waals surface area contributed by atoms with E-state index in [-0.39, 0.29) is 23.1 Å². The first-order valence-electron chi connectivity index (χ1n) is 13.8. The van der Waals surface area contributed by atoms with Crippen molar-refractivity contribution in [1.82, 2.24) is 34.0 Å². The molecule has 10 heteroatoms. The number of benzene rings is 1. The molecule has 4 fully saturated rings. The third kappa shape index (κ3) is 3.35. The number of anilines is 1. The van der Waals surface area contributed by atoms with Gasteiger partial charge in [0.1, 0.15) is 17.2 Å². The predicted octanol–water partition coefficient (Wildman–Crippen LogP) is 4.24. The summed E-state index contributed by atoms with van der Waals surface area (Å²) in [6, 6.07) is 10.0. The molecule has 0 spiro atoms. The van der Waals surface area contributed by atoms with Gasteiger partial charge in [0.25, 0.3) is 5.91 Å². The van der Waals surface area contributed by atoms with Crippen LogP contribution in [0.15, 0.2) is 55.0 Å². The van der Waals surface area contributed by atoms with Gasteiger partial charge in [-0.05, 0) is 88.5 Å². The number of pyridine rings is 1. The second-order valence-corrected chi connectivity index (χ2v) is 11.7. The van der Waals surface area contributed by atoms with Crippen molar-refractivity contribution >= 4 is 23.0 Å². The molecule has 1 saturated heterocycles. The van der Waals surface area contributed by atoms with Crippen molar-refractivity contribution < 1.29 is 9.18 Å². The van der Waals surface area contributed by atoms with E-state index in [0.29, 0.717) is 33.8 Å². The molecule has 5 aromatic rings. The third-order valence-corrected chi connectivity index (χ3v) is 9.10. The molecule has 1 aromatic carbocycles. The highest BCUT2D eigenvalue weighted by Gasteiger charge is 2.70. The fraction of sp³-hybridized carbons (Fsp3) is 0.333. The van der Waals surface area contributed by atoms with Crippen molar-refractivity contribution in [2.45, 2.75) is 50.1 Å². The molecule has 3 aliphatic carbocycles. The van der Waals surface area contributed by atoms with Crippen LogP contribution in [-0.2, 0) is 0 Å². The summed E-state index contributed by atoms with van der Waals surface area (Å²) < 4.78 is 17.6. The second-order valence-electron chi connectivity index (χ2n) is 11.7. The number of carbonyl (C=O) groups is 1. The van der Waals surface area contributed by atoms with Crippen LogP contribution in [0.2, 0.25) is 0 Å². The number of hydrogen-bond acceptors (Lipinski definition) is 6. The fourth-order valence-electron chi connectivity index (χ4n) is 7.20. The number of rotatable bonds is 5. The number of nitrogen functional groups attached to an aromatic ring is 1. The predicted molar refractivity (Wildman–Crippen MR) is 149 cm³/mol. The molecule has 0 unspecified atom stereocenters. The summed E-state index contributed by atoms with van der Waals surface area (Å²) in [5.41, 5.74) is 11.9. The van der Waals surface area contributed by atoms with Gasteiger partial charge in [-0.3, -0.25) is 14.1 Å². The zero-order chi connectivity index (χ0) is 27.2. The Kier molecular flexibility index (Phi) is 4.78. The largest absolute Gasteiger partial charge is 0.381 e. The SMILES string of the molecule is Cc1cnc2ccc(-c3c(-c4ccc(F)cc4)nc(N)c4nc(C(=O)NC56CC(N7CCCC7)(C5)C6)cn34)cn12. The monoisotopic (exact) mass is 536 g/mol. The smallest absolute Gasteiger partial charge is 0.271 e. The molecule has 1 aliphatic heterocycles. The Morgan fingerprint density at radius 1 is 0.975 bits per heavy atom. The van der Waals surface area contributed by atoms with Crippen LogP contribution in [0.4, 0.5) is 10.2 Å². The van der Waals surface area contributed by atoms with Gasteiger partial charge in [0.2, 0.25) is 0 Å². The average molecular weight is 537 g/mol. The summed E-state index contributed by atoms with van der Waals surface area (Å²) >= 11 is 0. The lowest BCUT2D eigenvalue weighted by Gasteiger charge is -2.73. The summed E-state index contributed by atoms with van der Waals surface area (Å²) in [5, 5.41) is 3.29. The number of fused-ring (bicyclic) bond motifs is 2. The summed E-state index contributed by atoms with van der Waals surface area (Å²) in [5.74, 6) is -0.343. The Morgan fingerprint density at radius 3 is 2.45 bits per heavy atom. The molecule has 40 heavy (non-hydrogen) atoms. The van der Waals surface area contributed by atoms with Crippen LogP contribution in [0.25, 0.3) is 33.8 Å². The zero-order valence-electron chi connectivity index (χ0n) is 22.2. The van der Waals surface area contributed by atoms with E-state index in [0.717, 1.165) is 36.2 Å². The van der Waals surface area contributed by atoms with Crippen LogP contribution in [0.5, 0.6) is 0 Å². The van der Waals surface area contributed by atoms with Crippen molar-refractivity contribution in [2.24, 2.45) is 0 Å². The number of nitrogens with two attached hydrogens (primary N) is 1. The van der Waals surface area contributed by atoms with E-state index in [9.17, 15) is 9.18 Å². The third-order valence-electron chi connectivity index (χ3n) is 9.10. The van der Waals surface area contributed by atoms with Crippen molar-refractivity contribution in [2.75, 3.05) is 18.8 Å². The van der Waals surface area contributed by atoms with Gasteiger partial charge >= 0.3 is 0 Å². The van der Waals surface area contributed by atoms with Crippen LogP contribution < -0.4 is 11.1 Å². The molecule has 202 valence electrons. The van der Waals surface area contributed by atoms with Crippen LogP contribution in [-0.4, -0.2) is 58.7 Å². The van der Waals surface area contributed by atoms with E-state index in [1.807, 2.05) is 40.3 Å². The Balaban J connectivity index is 1.21. The minimum atomic E-state index is -0.337. The highest BCUT2D eigenvalue weighted by Crippen LogP contribution is 2.64. The van der Waals surface area contributed by atoms with Crippen molar-refractivity contribution in [3.8, 4) is 22.5 Å². The summed E-state index contributed by atoms with van der Waals surface area (Å²) in [7, 11) is 0. The first-order valence-corrected chi connectivity index (χ1v) is 13.8. The van der Waals surface area contributed by atoms with E-state index in [4.69, 9.17) is 10.7 Å². The van der Waals surface area contributed by atoms with Crippen LogP contribution in [0, 0.1) is 12.7 Å². The number of amides is 1. The molecule has 0 radical (unpaired) electrons. The number of hydrogen-bond donors (Lipinski definition) is 2. The Bertz CT molecular complexity index is 1810. The van der Waals surface area contributed by atoms with Gasteiger partial charge in [0.15, 0.2) is 11.5 Å².